The molecule has 0 bridgehead atoms. The molecule has 0 spiro atoms. The summed E-state index contributed by atoms with van der Waals surface area (Å²) in [4.78, 5) is 24.8. The number of ketones is 1. The Morgan fingerprint density at radius 3 is 2.42 bits per heavy atom. The first-order chi connectivity index (χ1) is 9.15. The van der Waals surface area contributed by atoms with Gasteiger partial charge in [-0.2, -0.15) is 0 Å². The molecule has 0 amide bonds. The Hall–Kier alpha value is -1.29. The van der Waals surface area contributed by atoms with E-state index in [2.05, 4.69) is 0 Å². The summed E-state index contributed by atoms with van der Waals surface area (Å²) in [6.07, 6.45) is 5.10. The van der Waals surface area contributed by atoms with Crippen molar-refractivity contribution in [2.24, 2.45) is 11.8 Å². The molecule has 0 aliphatic heterocycles. The van der Waals surface area contributed by atoms with Gasteiger partial charge in [0, 0.05) is 16.4 Å². The maximum atomic E-state index is 12.6. The topological polar surface area (TPSA) is 54.4 Å². The number of carbonyl (C=O) groups excluding carboxylic acids is 1. The van der Waals surface area contributed by atoms with Gasteiger partial charge < -0.3 is 5.11 Å². The third-order valence-corrected chi connectivity index (χ3v) is 4.59. The first-order valence-corrected chi connectivity index (χ1v) is 7.77. The number of hydrogen-bond donors (Lipinski definition) is 1. The van der Waals surface area contributed by atoms with Gasteiger partial charge in [0.25, 0.3) is 0 Å². The quantitative estimate of drug-likeness (QED) is 0.676. The van der Waals surface area contributed by atoms with Crippen LogP contribution in [0.5, 0.6) is 0 Å². The molecule has 0 unspecified atom stereocenters. The summed E-state index contributed by atoms with van der Waals surface area (Å²) in [6, 6.07) is 7.46. The lowest BCUT2D eigenvalue weighted by Gasteiger charge is -2.27. The fourth-order valence-corrected chi connectivity index (χ4v) is 3.39. The van der Waals surface area contributed by atoms with Crippen LogP contribution < -0.4 is 0 Å². The van der Waals surface area contributed by atoms with Crippen LogP contribution in [-0.2, 0) is 4.79 Å². The highest BCUT2D eigenvalue weighted by atomic mass is 32.2. The number of carboxylic acid groups (broad SMARTS) is 1. The van der Waals surface area contributed by atoms with E-state index in [1.165, 1.54) is 11.8 Å². The van der Waals surface area contributed by atoms with Crippen molar-refractivity contribution in [1.29, 1.82) is 0 Å². The van der Waals surface area contributed by atoms with Crippen molar-refractivity contribution in [1.82, 2.24) is 0 Å². The maximum Gasteiger partial charge on any atom is 0.307 e. The van der Waals surface area contributed by atoms with Gasteiger partial charge in [-0.25, -0.2) is 0 Å². The molecule has 1 saturated carbocycles. The minimum atomic E-state index is -0.834. The molecule has 1 aliphatic rings. The molecule has 0 heterocycles. The molecule has 1 aliphatic carbocycles. The number of Topliss-reactive ketones (excluding diaryl/α,β-unsaturated/α-hetero) is 1. The van der Waals surface area contributed by atoms with Gasteiger partial charge in [0.2, 0.25) is 0 Å². The normalized spacial score (nSPS) is 23.0. The molecule has 102 valence electrons. The van der Waals surface area contributed by atoms with Crippen molar-refractivity contribution in [2.75, 3.05) is 6.26 Å². The SMILES string of the molecule is CSc1ccccc1C(=O)[C@@H]1CCCC[C@H]1C(=O)O. The van der Waals surface area contributed by atoms with Crippen molar-refractivity contribution in [3.05, 3.63) is 29.8 Å². The molecule has 1 aromatic carbocycles. The number of carboxylic acids is 1. The number of thioether (sulfide) groups is 1. The van der Waals surface area contributed by atoms with Crippen LogP contribution in [-0.4, -0.2) is 23.1 Å². The molecule has 3 nitrogen and oxygen atoms in total. The molecule has 19 heavy (non-hydrogen) atoms. The lowest BCUT2D eigenvalue weighted by Crippen LogP contribution is -2.32. The number of aliphatic carboxylic acids is 1. The zero-order chi connectivity index (χ0) is 13.8. The van der Waals surface area contributed by atoms with Crippen LogP contribution in [0.3, 0.4) is 0 Å². The second-order valence-corrected chi connectivity index (χ2v) is 5.75. The average molecular weight is 278 g/mol. The molecular weight excluding hydrogens is 260 g/mol. The van der Waals surface area contributed by atoms with Gasteiger partial charge in [0.05, 0.1) is 5.92 Å². The zero-order valence-corrected chi connectivity index (χ0v) is 11.8. The van der Waals surface area contributed by atoms with Gasteiger partial charge in [-0.1, -0.05) is 31.0 Å². The molecule has 1 fully saturated rings. The third kappa shape index (κ3) is 3.00. The third-order valence-electron chi connectivity index (χ3n) is 3.79. The Labute approximate surface area is 117 Å². The van der Waals surface area contributed by atoms with Crippen LogP contribution in [0.2, 0.25) is 0 Å². The summed E-state index contributed by atoms with van der Waals surface area (Å²) < 4.78 is 0. The molecule has 2 rings (SSSR count). The van der Waals surface area contributed by atoms with Gasteiger partial charge >= 0.3 is 5.97 Å². The van der Waals surface area contributed by atoms with Gasteiger partial charge in [0.15, 0.2) is 5.78 Å². The highest BCUT2D eigenvalue weighted by Gasteiger charge is 2.36. The Morgan fingerprint density at radius 1 is 1.16 bits per heavy atom. The molecule has 1 aromatic rings. The average Bonchev–Trinajstić information content (AvgIpc) is 2.46. The van der Waals surface area contributed by atoms with Crippen LogP contribution in [0.15, 0.2) is 29.2 Å². The summed E-state index contributed by atoms with van der Waals surface area (Å²) in [7, 11) is 0. The standard InChI is InChI=1S/C15H18O3S/c1-19-13-9-5-4-8-12(13)14(16)10-6-2-3-7-11(10)15(17)18/h4-5,8-11H,2-3,6-7H2,1H3,(H,17,18)/t10-,11-/m1/s1. The second-order valence-electron chi connectivity index (χ2n) is 4.90. The number of benzene rings is 1. The van der Waals surface area contributed by atoms with E-state index in [0.717, 1.165) is 17.7 Å². The predicted octanol–water partition coefficient (Wildman–Crippen LogP) is 3.48. The fourth-order valence-electron chi connectivity index (χ4n) is 2.79. The summed E-state index contributed by atoms with van der Waals surface area (Å²) >= 11 is 1.53. The van der Waals surface area contributed by atoms with Crippen molar-refractivity contribution in [2.45, 2.75) is 30.6 Å². The largest absolute Gasteiger partial charge is 0.481 e. The molecule has 0 saturated heterocycles. The number of carbonyl (C=O) groups is 2. The van der Waals surface area contributed by atoms with Crippen LogP contribution in [0.4, 0.5) is 0 Å². The first kappa shape index (κ1) is 14.1. The van der Waals surface area contributed by atoms with Crippen LogP contribution in [0, 0.1) is 11.8 Å². The molecular formula is C15H18O3S. The second kappa shape index (κ2) is 6.24. The maximum absolute atomic E-state index is 12.6. The summed E-state index contributed by atoms with van der Waals surface area (Å²) in [5, 5.41) is 9.27. The Morgan fingerprint density at radius 2 is 1.79 bits per heavy atom. The van der Waals surface area contributed by atoms with E-state index in [9.17, 15) is 14.7 Å². The summed E-state index contributed by atoms with van der Waals surface area (Å²) in [6.45, 7) is 0. The van der Waals surface area contributed by atoms with Crippen molar-refractivity contribution >= 4 is 23.5 Å². The Kier molecular flexibility index (Phi) is 4.64. The lowest BCUT2D eigenvalue weighted by atomic mass is 9.75. The molecule has 4 heteroatoms. The number of hydrogen-bond acceptors (Lipinski definition) is 3. The van der Waals surface area contributed by atoms with Gasteiger partial charge in [-0.15, -0.1) is 11.8 Å². The highest BCUT2D eigenvalue weighted by Crippen LogP contribution is 2.34. The lowest BCUT2D eigenvalue weighted by molar-refractivity contribution is -0.144. The van der Waals surface area contributed by atoms with Gasteiger partial charge in [-0.3, -0.25) is 9.59 Å². The summed E-state index contributed by atoms with van der Waals surface area (Å²) in [5.74, 6) is -1.72. The minimum absolute atomic E-state index is 0.00273. The molecule has 0 aromatic heterocycles. The molecule has 2 atom stereocenters. The molecule has 1 N–H and O–H groups in total. The van der Waals surface area contributed by atoms with Crippen molar-refractivity contribution in [3.63, 3.8) is 0 Å². The van der Waals surface area contributed by atoms with E-state index in [1.54, 1.807) is 0 Å². The van der Waals surface area contributed by atoms with E-state index in [1.807, 2.05) is 30.5 Å². The first-order valence-electron chi connectivity index (χ1n) is 6.55. The van der Waals surface area contributed by atoms with Crippen LogP contribution in [0.1, 0.15) is 36.0 Å². The van der Waals surface area contributed by atoms with Crippen LogP contribution in [0.25, 0.3) is 0 Å². The Balaban J connectivity index is 2.29. The van der Waals surface area contributed by atoms with E-state index in [4.69, 9.17) is 0 Å². The highest BCUT2D eigenvalue weighted by molar-refractivity contribution is 7.98. The van der Waals surface area contributed by atoms with E-state index >= 15 is 0 Å². The Bertz CT molecular complexity index is 484. The zero-order valence-electron chi connectivity index (χ0n) is 11.0. The van der Waals surface area contributed by atoms with E-state index in [0.29, 0.717) is 18.4 Å². The van der Waals surface area contributed by atoms with Gasteiger partial charge in [-0.05, 0) is 25.2 Å². The van der Waals surface area contributed by atoms with Crippen molar-refractivity contribution < 1.29 is 14.7 Å². The van der Waals surface area contributed by atoms with Crippen LogP contribution >= 0.6 is 11.8 Å². The molecule has 0 radical (unpaired) electrons. The predicted molar refractivity (Wildman–Crippen MR) is 75.6 cm³/mol. The smallest absolute Gasteiger partial charge is 0.307 e. The van der Waals surface area contributed by atoms with Crippen molar-refractivity contribution in [3.8, 4) is 0 Å². The summed E-state index contributed by atoms with van der Waals surface area (Å²) in [5.41, 5.74) is 0.674. The number of rotatable bonds is 4. The monoisotopic (exact) mass is 278 g/mol. The minimum Gasteiger partial charge on any atom is -0.481 e. The van der Waals surface area contributed by atoms with E-state index < -0.39 is 11.9 Å². The van der Waals surface area contributed by atoms with Gasteiger partial charge in [0.1, 0.15) is 0 Å². The fraction of sp³-hybridized carbons (Fsp3) is 0.467. The van der Waals surface area contributed by atoms with E-state index in [-0.39, 0.29) is 11.7 Å².